The van der Waals surface area contributed by atoms with Crippen LogP contribution in [0.5, 0.6) is 0 Å². The van der Waals surface area contributed by atoms with E-state index < -0.39 is 0 Å². The Kier molecular flexibility index (Phi) is 2.78. The largest absolute Gasteiger partial charge is 0.366 e. The fourth-order valence-electron chi connectivity index (χ4n) is 4.32. The van der Waals surface area contributed by atoms with Gasteiger partial charge in [-0.1, -0.05) is 24.1 Å². The second-order valence-electron chi connectivity index (χ2n) is 6.32. The summed E-state index contributed by atoms with van der Waals surface area (Å²) in [6, 6.07) is 5.19. The van der Waals surface area contributed by atoms with Crippen molar-refractivity contribution < 1.29 is 0 Å². The van der Waals surface area contributed by atoms with E-state index in [1.54, 1.807) is 5.56 Å². The molecule has 2 unspecified atom stereocenters. The summed E-state index contributed by atoms with van der Waals surface area (Å²) < 4.78 is 0. The molecular formula is C16H21ClN2. The van der Waals surface area contributed by atoms with Crippen LogP contribution >= 0.6 is 11.6 Å². The number of hydrogen-bond donors (Lipinski definition) is 0. The van der Waals surface area contributed by atoms with Crippen LogP contribution in [-0.2, 0) is 6.42 Å². The molecule has 3 heteroatoms. The first-order chi connectivity index (χ1) is 9.25. The standard InChI is InChI=1S/C16H21ClN2/c1-18-8-7-13-14(17)6-5-12-11-3-2-4-15(11)19(10-9-18)16(12)13/h5-6,11,15H,2-4,7-10H2,1H3. The third-order valence-electron chi connectivity index (χ3n) is 5.29. The van der Waals surface area contributed by atoms with Crippen LogP contribution in [0.3, 0.4) is 0 Å². The van der Waals surface area contributed by atoms with E-state index >= 15 is 0 Å². The fourth-order valence-corrected chi connectivity index (χ4v) is 4.57. The zero-order valence-electron chi connectivity index (χ0n) is 11.5. The SMILES string of the molecule is CN1CCc2c(Cl)ccc3c2N(CC1)C1CCCC31. The van der Waals surface area contributed by atoms with Crippen LogP contribution in [0.4, 0.5) is 5.69 Å². The molecule has 0 saturated heterocycles. The number of hydrogen-bond acceptors (Lipinski definition) is 2. The summed E-state index contributed by atoms with van der Waals surface area (Å²) >= 11 is 6.49. The van der Waals surface area contributed by atoms with E-state index in [4.69, 9.17) is 11.6 Å². The molecule has 102 valence electrons. The van der Waals surface area contributed by atoms with Gasteiger partial charge >= 0.3 is 0 Å². The Labute approximate surface area is 120 Å². The predicted octanol–water partition coefficient (Wildman–Crippen LogP) is 3.28. The number of rotatable bonds is 0. The van der Waals surface area contributed by atoms with Gasteiger partial charge in [0.25, 0.3) is 0 Å². The quantitative estimate of drug-likeness (QED) is 0.717. The third-order valence-corrected chi connectivity index (χ3v) is 5.64. The minimum atomic E-state index is 0.749. The molecule has 1 aromatic rings. The van der Waals surface area contributed by atoms with Crippen molar-refractivity contribution >= 4 is 17.3 Å². The maximum atomic E-state index is 6.49. The number of anilines is 1. The Hall–Kier alpha value is -0.730. The molecule has 0 bridgehead atoms. The van der Waals surface area contributed by atoms with Crippen molar-refractivity contribution in [2.45, 2.75) is 37.6 Å². The van der Waals surface area contributed by atoms with Crippen molar-refractivity contribution in [2.24, 2.45) is 0 Å². The Morgan fingerprint density at radius 2 is 2.05 bits per heavy atom. The summed E-state index contributed by atoms with van der Waals surface area (Å²) in [6.07, 6.45) is 5.21. The van der Waals surface area contributed by atoms with Gasteiger partial charge in [0, 0.05) is 42.3 Å². The second-order valence-corrected chi connectivity index (χ2v) is 6.72. The summed E-state index contributed by atoms with van der Waals surface area (Å²) in [6.45, 7) is 3.46. The van der Waals surface area contributed by atoms with E-state index in [1.807, 2.05) is 0 Å². The van der Waals surface area contributed by atoms with Crippen LogP contribution in [0.1, 0.15) is 36.3 Å². The van der Waals surface area contributed by atoms with Gasteiger partial charge in [-0.15, -0.1) is 0 Å². The molecule has 2 aliphatic heterocycles. The number of nitrogens with zero attached hydrogens (tertiary/aromatic N) is 2. The predicted molar refractivity (Wildman–Crippen MR) is 80.4 cm³/mol. The molecule has 1 aliphatic carbocycles. The number of benzene rings is 1. The highest BCUT2D eigenvalue weighted by atomic mass is 35.5. The van der Waals surface area contributed by atoms with Gasteiger partial charge in [0.1, 0.15) is 0 Å². The average molecular weight is 277 g/mol. The molecule has 0 N–H and O–H groups in total. The maximum Gasteiger partial charge on any atom is 0.0459 e. The molecule has 3 aliphatic rings. The molecule has 0 radical (unpaired) electrons. The van der Waals surface area contributed by atoms with Crippen molar-refractivity contribution in [3.8, 4) is 0 Å². The van der Waals surface area contributed by atoms with Gasteiger partial charge in [0.2, 0.25) is 0 Å². The number of fused-ring (bicyclic) bond motifs is 3. The molecule has 2 heterocycles. The summed E-state index contributed by atoms with van der Waals surface area (Å²) in [4.78, 5) is 5.12. The molecule has 0 aromatic heterocycles. The van der Waals surface area contributed by atoms with Gasteiger partial charge in [0.05, 0.1) is 0 Å². The minimum Gasteiger partial charge on any atom is -0.366 e. The molecule has 1 fully saturated rings. The third kappa shape index (κ3) is 1.73. The van der Waals surface area contributed by atoms with Crippen LogP contribution in [0, 0.1) is 0 Å². The lowest BCUT2D eigenvalue weighted by atomic mass is 9.95. The van der Waals surface area contributed by atoms with Crippen LogP contribution in [0.2, 0.25) is 5.02 Å². The molecule has 19 heavy (non-hydrogen) atoms. The van der Waals surface area contributed by atoms with E-state index in [-0.39, 0.29) is 0 Å². The summed E-state index contributed by atoms with van der Waals surface area (Å²) in [5.74, 6) is 0.773. The van der Waals surface area contributed by atoms with Crippen molar-refractivity contribution in [3.63, 3.8) is 0 Å². The van der Waals surface area contributed by atoms with Crippen molar-refractivity contribution in [1.82, 2.24) is 4.90 Å². The molecule has 0 spiro atoms. The van der Waals surface area contributed by atoms with Crippen LogP contribution < -0.4 is 4.90 Å². The second kappa shape index (κ2) is 4.39. The summed E-state index contributed by atoms with van der Waals surface area (Å²) in [5, 5.41) is 0.971. The molecular weight excluding hydrogens is 256 g/mol. The van der Waals surface area contributed by atoms with Crippen molar-refractivity contribution in [2.75, 3.05) is 31.6 Å². The van der Waals surface area contributed by atoms with Gasteiger partial charge in [-0.05, 0) is 43.5 Å². The lowest BCUT2D eigenvalue weighted by molar-refractivity contribution is 0.335. The molecule has 4 rings (SSSR count). The fraction of sp³-hybridized carbons (Fsp3) is 0.625. The smallest absolute Gasteiger partial charge is 0.0459 e. The topological polar surface area (TPSA) is 6.48 Å². The summed E-state index contributed by atoms with van der Waals surface area (Å²) in [5.41, 5.74) is 4.50. The van der Waals surface area contributed by atoms with Crippen LogP contribution in [0.15, 0.2) is 12.1 Å². The monoisotopic (exact) mass is 276 g/mol. The van der Waals surface area contributed by atoms with Gasteiger partial charge in [-0.2, -0.15) is 0 Å². The zero-order valence-corrected chi connectivity index (χ0v) is 12.3. The molecule has 1 saturated carbocycles. The lowest BCUT2D eigenvalue weighted by Crippen LogP contribution is -2.40. The normalized spacial score (nSPS) is 29.9. The first-order valence-electron chi connectivity index (χ1n) is 7.52. The molecule has 2 atom stereocenters. The number of likely N-dealkylation sites (N-methyl/N-ethyl adjacent to an activating group) is 1. The van der Waals surface area contributed by atoms with Crippen molar-refractivity contribution in [1.29, 1.82) is 0 Å². The van der Waals surface area contributed by atoms with Gasteiger partial charge < -0.3 is 9.80 Å². The molecule has 0 amide bonds. The minimum absolute atomic E-state index is 0.749. The van der Waals surface area contributed by atoms with Crippen LogP contribution in [-0.4, -0.2) is 37.6 Å². The van der Waals surface area contributed by atoms with Gasteiger partial charge in [0.15, 0.2) is 0 Å². The Morgan fingerprint density at radius 3 is 2.95 bits per heavy atom. The van der Waals surface area contributed by atoms with Crippen LogP contribution in [0.25, 0.3) is 0 Å². The Bertz CT molecular complexity index is 514. The van der Waals surface area contributed by atoms with Gasteiger partial charge in [-0.25, -0.2) is 0 Å². The van der Waals surface area contributed by atoms with Gasteiger partial charge in [-0.3, -0.25) is 0 Å². The molecule has 1 aromatic carbocycles. The average Bonchev–Trinajstić information content (AvgIpc) is 2.93. The van der Waals surface area contributed by atoms with E-state index in [2.05, 4.69) is 29.0 Å². The zero-order chi connectivity index (χ0) is 13.0. The highest BCUT2D eigenvalue weighted by Gasteiger charge is 2.42. The van der Waals surface area contributed by atoms with E-state index in [9.17, 15) is 0 Å². The summed E-state index contributed by atoms with van der Waals surface area (Å²) in [7, 11) is 2.23. The first-order valence-corrected chi connectivity index (χ1v) is 7.90. The highest BCUT2D eigenvalue weighted by molar-refractivity contribution is 6.31. The maximum absolute atomic E-state index is 6.49. The molecule has 2 nitrogen and oxygen atoms in total. The number of halogens is 1. The Morgan fingerprint density at radius 1 is 1.16 bits per heavy atom. The van der Waals surface area contributed by atoms with E-state index in [0.29, 0.717) is 0 Å². The van der Waals surface area contributed by atoms with E-state index in [1.165, 1.54) is 37.1 Å². The first kappa shape index (κ1) is 12.0. The van der Waals surface area contributed by atoms with Crippen molar-refractivity contribution in [3.05, 3.63) is 28.3 Å². The highest BCUT2D eigenvalue weighted by Crippen LogP contribution is 2.51. The van der Waals surface area contributed by atoms with E-state index in [0.717, 1.165) is 36.5 Å². The Balaban J connectivity index is 1.87. The lowest BCUT2D eigenvalue weighted by Gasteiger charge is -2.33.